The van der Waals surface area contributed by atoms with Crippen LogP contribution in [0.25, 0.3) is 0 Å². The quantitative estimate of drug-likeness (QED) is 0.671. The van der Waals surface area contributed by atoms with Gasteiger partial charge in [0.2, 0.25) is 0 Å². The van der Waals surface area contributed by atoms with Crippen LogP contribution in [0.2, 0.25) is 0 Å². The molecule has 0 amide bonds. The van der Waals surface area contributed by atoms with Crippen LogP contribution < -0.4 is 5.32 Å². The number of rotatable bonds is 9. The maximum Gasteiger partial charge on any atom is 0.0591 e. The Balaban J connectivity index is 1.88. The van der Waals surface area contributed by atoms with Crippen molar-refractivity contribution in [1.29, 1.82) is 0 Å². The summed E-state index contributed by atoms with van der Waals surface area (Å²) in [4.78, 5) is 2.78. The topological polar surface area (TPSA) is 30.5 Å². The van der Waals surface area contributed by atoms with E-state index >= 15 is 0 Å². The lowest BCUT2D eigenvalue weighted by Gasteiger charge is -2.05. The minimum absolute atomic E-state index is 0.758. The molecule has 0 aliphatic carbocycles. The largest absolute Gasteiger partial charge is 0.383 e. The average molecular weight is 243 g/mol. The van der Waals surface area contributed by atoms with Gasteiger partial charge in [0.05, 0.1) is 19.8 Å². The van der Waals surface area contributed by atoms with Crippen molar-refractivity contribution in [1.82, 2.24) is 5.32 Å². The molecule has 4 heteroatoms. The summed E-state index contributed by atoms with van der Waals surface area (Å²) in [5, 5.41) is 3.24. The Bertz CT molecular complexity index is 276. The molecule has 0 aliphatic heterocycles. The molecule has 0 saturated carbocycles. The van der Waals surface area contributed by atoms with Gasteiger partial charge in [-0.3, -0.25) is 0 Å². The van der Waals surface area contributed by atoms with E-state index in [0.717, 1.165) is 39.3 Å². The molecule has 0 radical (unpaired) electrons. The summed E-state index contributed by atoms with van der Waals surface area (Å²) in [6.07, 6.45) is 1.02. The number of hydrogen-bond donors (Lipinski definition) is 1. The lowest BCUT2D eigenvalue weighted by Crippen LogP contribution is -2.23. The number of methoxy groups -OCH3 is 1. The molecule has 16 heavy (non-hydrogen) atoms. The zero-order chi connectivity index (χ0) is 11.6. The molecule has 1 N–H and O–H groups in total. The first kappa shape index (κ1) is 13.6. The highest BCUT2D eigenvalue weighted by atomic mass is 32.1. The summed E-state index contributed by atoms with van der Waals surface area (Å²) in [5.74, 6) is 0. The Labute approximate surface area is 102 Å². The van der Waals surface area contributed by atoms with E-state index in [9.17, 15) is 0 Å². The molecule has 1 heterocycles. The van der Waals surface area contributed by atoms with Crippen LogP contribution in [0.1, 0.15) is 9.75 Å². The van der Waals surface area contributed by atoms with Crippen molar-refractivity contribution in [3.05, 3.63) is 21.9 Å². The van der Waals surface area contributed by atoms with Crippen molar-refractivity contribution < 1.29 is 9.47 Å². The predicted octanol–water partition coefficient (Wildman–Crippen LogP) is 1.85. The monoisotopic (exact) mass is 243 g/mol. The standard InChI is InChI=1S/C12H21NO2S/c1-11-3-4-12(16-11)5-8-15-10-7-13-6-9-14-2/h3-4,13H,5-10H2,1-2H3. The maximum atomic E-state index is 5.53. The molecular weight excluding hydrogens is 222 g/mol. The number of nitrogens with one attached hydrogen (secondary N) is 1. The van der Waals surface area contributed by atoms with E-state index in [1.807, 2.05) is 11.3 Å². The van der Waals surface area contributed by atoms with Crippen LogP contribution in [0.5, 0.6) is 0 Å². The highest BCUT2D eigenvalue weighted by molar-refractivity contribution is 7.11. The van der Waals surface area contributed by atoms with Gasteiger partial charge in [-0.1, -0.05) is 0 Å². The molecule has 0 unspecified atom stereocenters. The first-order valence-electron chi connectivity index (χ1n) is 5.65. The van der Waals surface area contributed by atoms with Gasteiger partial charge in [-0.2, -0.15) is 0 Å². The number of aryl methyl sites for hydroxylation is 1. The maximum absolute atomic E-state index is 5.53. The van der Waals surface area contributed by atoms with Crippen LogP contribution in [0.15, 0.2) is 12.1 Å². The zero-order valence-electron chi connectivity index (χ0n) is 10.1. The van der Waals surface area contributed by atoms with Gasteiger partial charge in [-0.25, -0.2) is 0 Å². The lowest BCUT2D eigenvalue weighted by molar-refractivity contribution is 0.135. The van der Waals surface area contributed by atoms with Gasteiger partial charge in [0.25, 0.3) is 0 Å². The van der Waals surface area contributed by atoms with Crippen molar-refractivity contribution >= 4 is 11.3 Å². The van der Waals surface area contributed by atoms with Gasteiger partial charge in [-0.05, 0) is 19.1 Å². The fraction of sp³-hybridized carbons (Fsp3) is 0.667. The van der Waals surface area contributed by atoms with Crippen molar-refractivity contribution in [3.63, 3.8) is 0 Å². The zero-order valence-corrected chi connectivity index (χ0v) is 10.9. The van der Waals surface area contributed by atoms with Crippen molar-refractivity contribution in [2.45, 2.75) is 13.3 Å². The van der Waals surface area contributed by atoms with Crippen LogP contribution in [0.4, 0.5) is 0 Å². The van der Waals surface area contributed by atoms with E-state index in [-0.39, 0.29) is 0 Å². The minimum Gasteiger partial charge on any atom is -0.383 e. The summed E-state index contributed by atoms with van der Waals surface area (Å²) >= 11 is 1.85. The minimum atomic E-state index is 0.758. The van der Waals surface area contributed by atoms with Crippen LogP contribution in [0.3, 0.4) is 0 Å². The molecular formula is C12H21NO2S. The Morgan fingerprint density at radius 3 is 2.69 bits per heavy atom. The molecule has 0 aliphatic rings. The van der Waals surface area contributed by atoms with Crippen LogP contribution in [0, 0.1) is 6.92 Å². The number of hydrogen-bond acceptors (Lipinski definition) is 4. The van der Waals surface area contributed by atoms with E-state index in [1.165, 1.54) is 9.75 Å². The van der Waals surface area contributed by atoms with Crippen molar-refractivity contribution in [3.8, 4) is 0 Å². The fourth-order valence-electron chi connectivity index (χ4n) is 1.34. The van der Waals surface area contributed by atoms with Crippen molar-refractivity contribution in [2.75, 3.05) is 40.0 Å². The van der Waals surface area contributed by atoms with Gasteiger partial charge in [0, 0.05) is 36.4 Å². The SMILES string of the molecule is COCCNCCOCCc1ccc(C)s1. The number of thiophene rings is 1. The second kappa shape index (κ2) is 8.70. The molecule has 92 valence electrons. The first-order valence-corrected chi connectivity index (χ1v) is 6.47. The van der Waals surface area contributed by atoms with Gasteiger partial charge < -0.3 is 14.8 Å². The van der Waals surface area contributed by atoms with E-state index in [2.05, 4.69) is 24.4 Å². The summed E-state index contributed by atoms with van der Waals surface area (Å²) in [6, 6.07) is 4.34. The molecule has 0 bridgehead atoms. The highest BCUT2D eigenvalue weighted by Crippen LogP contribution is 2.15. The second-order valence-corrected chi connectivity index (χ2v) is 4.99. The van der Waals surface area contributed by atoms with E-state index < -0.39 is 0 Å². The molecule has 0 saturated heterocycles. The third-order valence-electron chi connectivity index (χ3n) is 2.19. The first-order chi connectivity index (χ1) is 7.83. The van der Waals surface area contributed by atoms with Crippen LogP contribution >= 0.6 is 11.3 Å². The fourth-order valence-corrected chi connectivity index (χ4v) is 2.21. The molecule has 1 aromatic heterocycles. The third-order valence-corrected chi connectivity index (χ3v) is 3.26. The third kappa shape index (κ3) is 6.23. The van der Waals surface area contributed by atoms with Crippen LogP contribution in [-0.4, -0.2) is 40.0 Å². The molecule has 1 rings (SSSR count). The van der Waals surface area contributed by atoms with E-state index in [4.69, 9.17) is 9.47 Å². The van der Waals surface area contributed by atoms with Crippen molar-refractivity contribution in [2.24, 2.45) is 0 Å². The van der Waals surface area contributed by atoms with Gasteiger partial charge >= 0.3 is 0 Å². The lowest BCUT2D eigenvalue weighted by atomic mass is 10.3. The molecule has 1 aromatic rings. The summed E-state index contributed by atoms with van der Waals surface area (Å²) in [7, 11) is 1.71. The Hall–Kier alpha value is -0.420. The van der Waals surface area contributed by atoms with Gasteiger partial charge in [-0.15, -0.1) is 11.3 Å². The predicted molar refractivity (Wildman–Crippen MR) is 68.3 cm³/mol. The Morgan fingerprint density at radius 2 is 2.00 bits per heavy atom. The summed E-state index contributed by atoms with van der Waals surface area (Å²) in [5.41, 5.74) is 0. The van der Waals surface area contributed by atoms with Gasteiger partial charge in [0.15, 0.2) is 0 Å². The molecule has 3 nitrogen and oxygen atoms in total. The van der Waals surface area contributed by atoms with E-state index in [1.54, 1.807) is 7.11 Å². The van der Waals surface area contributed by atoms with E-state index in [0.29, 0.717) is 0 Å². The molecule has 0 aromatic carbocycles. The molecule has 0 atom stereocenters. The molecule has 0 spiro atoms. The smallest absolute Gasteiger partial charge is 0.0591 e. The van der Waals surface area contributed by atoms with Crippen LogP contribution in [-0.2, 0) is 15.9 Å². The second-order valence-electron chi connectivity index (χ2n) is 3.62. The Kier molecular flexibility index (Phi) is 7.42. The number of ether oxygens (including phenoxy) is 2. The average Bonchev–Trinajstić information content (AvgIpc) is 2.68. The normalized spacial score (nSPS) is 10.9. The molecule has 0 fully saturated rings. The Morgan fingerprint density at radius 1 is 1.19 bits per heavy atom. The summed E-state index contributed by atoms with van der Waals surface area (Å²) < 4.78 is 10.5. The van der Waals surface area contributed by atoms with Gasteiger partial charge in [0.1, 0.15) is 0 Å². The summed E-state index contributed by atoms with van der Waals surface area (Å²) in [6.45, 7) is 6.26. The highest BCUT2D eigenvalue weighted by Gasteiger charge is 1.96.